The average molecular weight is 451 g/mol. The second-order valence-corrected chi connectivity index (χ2v) is 6.56. The molecule has 126 valence electrons. The minimum Gasteiger partial charge on any atom is -0.311 e. The Labute approximate surface area is 165 Å². The van der Waals surface area contributed by atoms with Gasteiger partial charge in [-0.2, -0.15) is 0 Å². The summed E-state index contributed by atoms with van der Waals surface area (Å²) in [7, 11) is -2.23. The predicted octanol–water partition coefficient (Wildman–Crippen LogP) is 6.13. The first-order valence-electron chi connectivity index (χ1n) is 8.60. The van der Waals surface area contributed by atoms with Crippen LogP contribution in [0.3, 0.4) is 0 Å². The van der Waals surface area contributed by atoms with Crippen LogP contribution in [0, 0.1) is 40.8 Å². The molecule has 0 bridgehead atoms. The van der Waals surface area contributed by atoms with E-state index in [-0.39, 0.29) is 40.8 Å². The van der Waals surface area contributed by atoms with Crippen molar-refractivity contribution in [3.05, 3.63) is 0 Å². The van der Waals surface area contributed by atoms with E-state index >= 15 is 0 Å². The van der Waals surface area contributed by atoms with Crippen LogP contribution in [-0.4, -0.2) is 13.2 Å². The third-order valence-electron chi connectivity index (χ3n) is 3.44. The van der Waals surface area contributed by atoms with Crippen LogP contribution >= 0.6 is 8.25 Å². The minimum atomic E-state index is -2.23. The van der Waals surface area contributed by atoms with Crippen LogP contribution in [-0.2, 0) is 13.6 Å². The van der Waals surface area contributed by atoms with Crippen LogP contribution < -0.4 is 0 Å². The topological polar surface area (TPSA) is 35.5 Å². The van der Waals surface area contributed by atoms with E-state index in [0.29, 0.717) is 13.2 Å². The van der Waals surface area contributed by atoms with Crippen molar-refractivity contribution in [2.45, 2.75) is 90.9 Å². The molecule has 0 saturated heterocycles. The van der Waals surface area contributed by atoms with Crippen LogP contribution in [0.1, 0.15) is 90.9 Å². The molecule has 0 aliphatic rings. The third kappa shape index (κ3) is 21.5. The van der Waals surface area contributed by atoms with Crippen molar-refractivity contribution in [3.8, 4) is 0 Å². The molecule has 0 saturated carbocycles. The number of hydrogen-bond donors (Lipinski definition) is 0. The standard InChI is InChI=1S/C16H35O3P.Nd/c1-3-5-7-9-11-13-15-18-20(17)19-16-14-12-10-8-6-4-2;/h20H,3-16H2,1-2H3;. The average Bonchev–Trinajstić information content (AvgIpc) is 2.45. The summed E-state index contributed by atoms with van der Waals surface area (Å²) in [6.07, 6.45) is 14.7. The maximum atomic E-state index is 11.5. The zero-order valence-corrected chi connectivity index (χ0v) is 18.3. The van der Waals surface area contributed by atoms with Gasteiger partial charge in [-0.05, 0) is 12.8 Å². The summed E-state index contributed by atoms with van der Waals surface area (Å²) in [5.74, 6) is 0. The Morgan fingerprint density at radius 2 is 0.952 bits per heavy atom. The Balaban J connectivity index is 0. The first-order chi connectivity index (χ1) is 9.81. The van der Waals surface area contributed by atoms with E-state index in [1.54, 1.807) is 0 Å². The smallest absolute Gasteiger partial charge is 0.311 e. The van der Waals surface area contributed by atoms with Crippen molar-refractivity contribution >= 4 is 8.25 Å². The molecule has 0 rings (SSSR count). The summed E-state index contributed by atoms with van der Waals surface area (Å²) in [5.41, 5.74) is 0. The molecule has 0 amide bonds. The van der Waals surface area contributed by atoms with E-state index in [9.17, 15) is 4.57 Å². The van der Waals surface area contributed by atoms with E-state index in [4.69, 9.17) is 9.05 Å². The van der Waals surface area contributed by atoms with Crippen molar-refractivity contribution in [1.29, 1.82) is 0 Å². The van der Waals surface area contributed by atoms with Crippen LogP contribution in [0.15, 0.2) is 0 Å². The number of rotatable bonds is 16. The second-order valence-electron chi connectivity index (χ2n) is 5.48. The monoisotopic (exact) mass is 448 g/mol. The molecular formula is C16H35NdO3P. The van der Waals surface area contributed by atoms with Crippen molar-refractivity contribution < 1.29 is 54.5 Å². The SMILES string of the molecule is CCCCCCCCO[PH](=O)OCCCCCCCC.[Nd]. The van der Waals surface area contributed by atoms with Gasteiger partial charge in [-0.3, -0.25) is 4.57 Å². The maximum absolute atomic E-state index is 11.5. The molecule has 0 aromatic rings. The summed E-state index contributed by atoms with van der Waals surface area (Å²) in [6.45, 7) is 5.60. The maximum Gasteiger partial charge on any atom is 0.319 e. The third-order valence-corrected chi connectivity index (χ3v) is 4.32. The fraction of sp³-hybridized carbons (Fsp3) is 1.00. The van der Waals surface area contributed by atoms with Gasteiger partial charge in [0.25, 0.3) is 0 Å². The summed E-state index contributed by atoms with van der Waals surface area (Å²) < 4.78 is 21.9. The van der Waals surface area contributed by atoms with Gasteiger partial charge in [0.15, 0.2) is 0 Å². The van der Waals surface area contributed by atoms with Crippen LogP contribution in [0.4, 0.5) is 0 Å². The van der Waals surface area contributed by atoms with Crippen LogP contribution in [0.25, 0.3) is 0 Å². The molecule has 0 heterocycles. The fourth-order valence-corrected chi connectivity index (χ4v) is 2.82. The molecule has 0 aromatic heterocycles. The first-order valence-corrected chi connectivity index (χ1v) is 9.83. The van der Waals surface area contributed by atoms with Gasteiger partial charge in [0, 0.05) is 40.8 Å². The molecule has 5 heteroatoms. The minimum absolute atomic E-state index is 0. The van der Waals surface area contributed by atoms with Crippen molar-refractivity contribution in [1.82, 2.24) is 0 Å². The Hall–Kier alpha value is 1.50. The van der Waals surface area contributed by atoms with Gasteiger partial charge in [-0.15, -0.1) is 0 Å². The fourth-order valence-electron chi connectivity index (χ4n) is 2.12. The van der Waals surface area contributed by atoms with E-state index in [1.807, 2.05) is 0 Å². The Morgan fingerprint density at radius 3 is 1.33 bits per heavy atom. The first kappa shape index (κ1) is 24.7. The van der Waals surface area contributed by atoms with Crippen molar-refractivity contribution in [2.75, 3.05) is 13.2 Å². The molecule has 0 fully saturated rings. The molecule has 3 nitrogen and oxygen atoms in total. The van der Waals surface area contributed by atoms with Gasteiger partial charge in [0.05, 0.1) is 13.2 Å². The summed E-state index contributed by atoms with van der Waals surface area (Å²) in [4.78, 5) is 0. The van der Waals surface area contributed by atoms with E-state index in [0.717, 1.165) is 12.8 Å². The summed E-state index contributed by atoms with van der Waals surface area (Å²) in [5, 5.41) is 0. The second kappa shape index (κ2) is 21.5. The molecule has 0 unspecified atom stereocenters. The van der Waals surface area contributed by atoms with Gasteiger partial charge in [0.2, 0.25) is 0 Å². The molecular weight excluding hydrogens is 415 g/mol. The zero-order valence-electron chi connectivity index (χ0n) is 14.1. The largest absolute Gasteiger partial charge is 0.319 e. The van der Waals surface area contributed by atoms with Crippen LogP contribution in [0.2, 0.25) is 0 Å². The molecule has 0 aliphatic carbocycles. The van der Waals surface area contributed by atoms with Crippen molar-refractivity contribution in [2.24, 2.45) is 0 Å². The summed E-state index contributed by atoms with van der Waals surface area (Å²) in [6, 6.07) is 0. The van der Waals surface area contributed by atoms with Gasteiger partial charge in [0.1, 0.15) is 0 Å². The van der Waals surface area contributed by atoms with Gasteiger partial charge >= 0.3 is 8.25 Å². The molecule has 0 spiro atoms. The van der Waals surface area contributed by atoms with Crippen LogP contribution in [0.5, 0.6) is 0 Å². The molecule has 0 radical (unpaired) electrons. The predicted molar refractivity (Wildman–Crippen MR) is 87.7 cm³/mol. The number of hydrogen-bond acceptors (Lipinski definition) is 3. The van der Waals surface area contributed by atoms with Crippen molar-refractivity contribution in [3.63, 3.8) is 0 Å². The Morgan fingerprint density at radius 1 is 0.619 bits per heavy atom. The Bertz CT molecular complexity index is 196. The molecule has 0 N–H and O–H groups in total. The van der Waals surface area contributed by atoms with Gasteiger partial charge in [-0.25, -0.2) is 0 Å². The quantitative estimate of drug-likeness (QED) is 0.210. The Kier molecular flexibility index (Phi) is 25.3. The van der Waals surface area contributed by atoms with Gasteiger partial charge < -0.3 is 9.05 Å². The zero-order chi connectivity index (χ0) is 14.9. The van der Waals surface area contributed by atoms with E-state index in [1.165, 1.54) is 64.2 Å². The molecule has 21 heavy (non-hydrogen) atoms. The van der Waals surface area contributed by atoms with E-state index < -0.39 is 8.25 Å². The number of unbranched alkanes of at least 4 members (excludes halogenated alkanes) is 10. The molecule has 0 aromatic carbocycles. The summed E-state index contributed by atoms with van der Waals surface area (Å²) >= 11 is 0. The molecule has 0 atom stereocenters. The van der Waals surface area contributed by atoms with Gasteiger partial charge in [-0.1, -0.05) is 78.1 Å². The molecule has 0 aliphatic heterocycles. The van der Waals surface area contributed by atoms with E-state index in [2.05, 4.69) is 13.8 Å². The normalized spacial score (nSPS) is 10.8.